The molecule has 0 bridgehead atoms. The van der Waals surface area contributed by atoms with Crippen LogP contribution in [0.25, 0.3) is 0 Å². The molecule has 2 saturated heterocycles. The molecule has 2 rings (SSSR count). The fraction of sp³-hybridized carbons (Fsp3) is 0.722. The third kappa shape index (κ3) is 6.16. The first-order valence-electron chi connectivity index (χ1n) is 9.17. The van der Waals surface area contributed by atoms with E-state index in [9.17, 15) is 14.4 Å². The summed E-state index contributed by atoms with van der Waals surface area (Å²) in [5, 5.41) is 5.68. The predicted molar refractivity (Wildman–Crippen MR) is 95.9 cm³/mol. The third-order valence-electron chi connectivity index (χ3n) is 4.68. The predicted octanol–water partition coefficient (Wildman–Crippen LogP) is 0.272. The van der Waals surface area contributed by atoms with Crippen molar-refractivity contribution in [1.29, 1.82) is 0 Å². The molecule has 7 nitrogen and oxygen atoms in total. The lowest BCUT2D eigenvalue weighted by Gasteiger charge is -2.34. The molecule has 3 amide bonds. The molecule has 0 aromatic heterocycles. The second-order valence-electron chi connectivity index (χ2n) is 6.98. The van der Waals surface area contributed by atoms with Crippen molar-refractivity contribution >= 4 is 17.7 Å². The fourth-order valence-electron chi connectivity index (χ4n) is 3.18. The lowest BCUT2D eigenvalue weighted by Crippen LogP contribution is -2.56. The number of hydrogen-bond acceptors (Lipinski definition) is 4. The number of carbonyl (C=O) groups is 3. The molecular formula is C18H30N4O3. The van der Waals surface area contributed by atoms with Gasteiger partial charge in [0.2, 0.25) is 17.7 Å². The molecule has 0 aliphatic carbocycles. The van der Waals surface area contributed by atoms with Gasteiger partial charge in [-0.05, 0) is 26.7 Å². The Balaban J connectivity index is 1.79. The van der Waals surface area contributed by atoms with Gasteiger partial charge in [-0.3, -0.25) is 19.3 Å². The van der Waals surface area contributed by atoms with Gasteiger partial charge in [-0.15, -0.1) is 0 Å². The summed E-state index contributed by atoms with van der Waals surface area (Å²) in [4.78, 5) is 40.0. The van der Waals surface area contributed by atoms with Crippen LogP contribution in [0.1, 0.15) is 39.5 Å². The molecule has 1 unspecified atom stereocenters. The van der Waals surface area contributed by atoms with E-state index in [-0.39, 0.29) is 24.1 Å². The van der Waals surface area contributed by atoms with Crippen molar-refractivity contribution in [2.75, 3.05) is 39.3 Å². The summed E-state index contributed by atoms with van der Waals surface area (Å²) in [5.74, 6) is -0.0662. The molecule has 7 heteroatoms. The molecular weight excluding hydrogens is 320 g/mol. The Bertz CT molecular complexity index is 528. The van der Waals surface area contributed by atoms with E-state index in [1.54, 1.807) is 4.90 Å². The van der Waals surface area contributed by atoms with Crippen LogP contribution in [0.5, 0.6) is 0 Å². The number of likely N-dealkylation sites (tertiary alicyclic amines) is 1. The Morgan fingerprint density at radius 3 is 2.80 bits per heavy atom. The van der Waals surface area contributed by atoms with Crippen LogP contribution in [0.15, 0.2) is 11.6 Å². The third-order valence-corrected chi connectivity index (χ3v) is 4.68. The molecule has 1 atom stereocenters. The number of nitrogens with one attached hydrogen (secondary N) is 2. The highest BCUT2D eigenvalue weighted by Gasteiger charge is 2.30. The first kappa shape index (κ1) is 19.4. The highest BCUT2D eigenvalue weighted by atomic mass is 16.2. The maximum Gasteiger partial charge on any atom is 0.237 e. The molecule has 2 heterocycles. The molecule has 2 N–H and O–H groups in total. The molecule has 0 radical (unpaired) electrons. The first-order chi connectivity index (χ1) is 12.0. The van der Waals surface area contributed by atoms with Crippen molar-refractivity contribution in [3.05, 3.63) is 11.6 Å². The lowest BCUT2D eigenvalue weighted by atomic mass is 10.1. The minimum Gasteiger partial charge on any atom is -0.354 e. The number of piperazine rings is 1. The first-order valence-corrected chi connectivity index (χ1v) is 9.17. The Morgan fingerprint density at radius 1 is 1.28 bits per heavy atom. The number of rotatable bonds is 7. The van der Waals surface area contributed by atoms with Crippen molar-refractivity contribution < 1.29 is 14.4 Å². The van der Waals surface area contributed by atoms with Crippen LogP contribution in [0.2, 0.25) is 0 Å². The van der Waals surface area contributed by atoms with Gasteiger partial charge in [0.1, 0.15) is 0 Å². The monoisotopic (exact) mass is 350 g/mol. The van der Waals surface area contributed by atoms with Crippen LogP contribution in [0.3, 0.4) is 0 Å². The van der Waals surface area contributed by atoms with E-state index in [2.05, 4.69) is 16.7 Å². The topological polar surface area (TPSA) is 81.8 Å². The Morgan fingerprint density at radius 2 is 2.08 bits per heavy atom. The highest BCUT2D eigenvalue weighted by Crippen LogP contribution is 2.11. The van der Waals surface area contributed by atoms with Crippen LogP contribution in [-0.4, -0.2) is 72.8 Å². The van der Waals surface area contributed by atoms with E-state index < -0.39 is 6.04 Å². The minimum atomic E-state index is -0.430. The Labute approximate surface area is 149 Å². The lowest BCUT2D eigenvalue weighted by molar-refractivity contribution is -0.134. The number of hydrogen-bond donors (Lipinski definition) is 2. The zero-order chi connectivity index (χ0) is 18.2. The molecule has 0 aromatic carbocycles. The van der Waals surface area contributed by atoms with Gasteiger partial charge in [0.25, 0.3) is 0 Å². The van der Waals surface area contributed by atoms with Gasteiger partial charge in [0.15, 0.2) is 0 Å². The second-order valence-corrected chi connectivity index (χ2v) is 6.98. The molecule has 2 aliphatic heterocycles. The molecule has 0 spiro atoms. The molecule has 0 aromatic rings. The summed E-state index contributed by atoms with van der Waals surface area (Å²) in [6, 6.07) is -0.430. The van der Waals surface area contributed by atoms with Crippen molar-refractivity contribution in [2.24, 2.45) is 0 Å². The molecule has 140 valence electrons. The van der Waals surface area contributed by atoms with Crippen molar-refractivity contribution in [1.82, 2.24) is 20.4 Å². The smallest absolute Gasteiger partial charge is 0.237 e. The van der Waals surface area contributed by atoms with E-state index in [0.717, 1.165) is 25.9 Å². The summed E-state index contributed by atoms with van der Waals surface area (Å²) in [7, 11) is 0. The van der Waals surface area contributed by atoms with Crippen molar-refractivity contribution in [3.8, 4) is 0 Å². The van der Waals surface area contributed by atoms with E-state index >= 15 is 0 Å². The van der Waals surface area contributed by atoms with Crippen LogP contribution in [0, 0.1) is 0 Å². The zero-order valence-electron chi connectivity index (χ0n) is 15.3. The Kier molecular flexibility index (Phi) is 7.43. The summed E-state index contributed by atoms with van der Waals surface area (Å²) in [6.07, 6.45) is 4.82. The summed E-state index contributed by atoms with van der Waals surface area (Å²) >= 11 is 0. The van der Waals surface area contributed by atoms with E-state index in [0.29, 0.717) is 32.6 Å². The second kappa shape index (κ2) is 9.56. The van der Waals surface area contributed by atoms with E-state index in [4.69, 9.17) is 0 Å². The largest absolute Gasteiger partial charge is 0.354 e. The maximum absolute atomic E-state index is 12.2. The van der Waals surface area contributed by atoms with Crippen molar-refractivity contribution in [3.63, 3.8) is 0 Å². The van der Waals surface area contributed by atoms with Gasteiger partial charge in [0.05, 0.1) is 12.5 Å². The number of allylic oxidation sites excluding steroid dienone is 1. The van der Waals surface area contributed by atoms with Gasteiger partial charge < -0.3 is 15.5 Å². The molecule has 0 saturated carbocycles. The average Bonchev–Trinajstić information content (AvgIpc) is 2.57. The normalized spacial score (nSPS) is 21.7. The van der Waals surface area contributed by atoms with E-state index in [1.165, 1.54) is 5.57 Å². The van der Waals surface area contributed by atoms with E-state index in [1.807, 2.05) is 18.7 Å². The summed E-state index contributed by atoms with van der Waals surface area (Å²) < 4.78 is 0. The van der Waals surface area contributed by atoms with Crippen LogP contribution in [-0.2, 0) is 14.4 Å². The number of piperidine rings is 1. The number of carbonyl (C=O) groups excluding carboxylic acids is 3. The maximum atomic E-state index is 12.2. The quantitative estimate of drug-likeness (QED) is 0.646. The van der Waals surface area contributed by atoms with Gasteiger partial charge in [-0.25, -0.2) is 0 Å². The van der Waals surface area contributed by atoms with Gasteiger partial charge in [0, 0.05) is 45.7 Å². The zero-order valence-corrected chi connectivity index (χ0v) is 15.3. The average molecular weight is 350 g/mol. The van der Waals surface area contributed by atoms with Crippen molar-refractivity contribution in [2.45, 2.75) is 45.6 Å². The summed E-state index contributed by atoms with van der Waals surface area (Å²) in [6.45, 7) is 7.84. The van der Waals surface area contributed by atoms with Gasteiger partial charge in [-0.2, -0.15) is 0 Å². The fourth-order valence-corrected chi connectivity index (χ4v) is 3.18. The van der Waals surface area contributed by atoms with Crippen LogP contribution in [0.4, 0.5) is 0 Å². The van der Waals surface area contributed by atoms with Gasteiger partial charge in [-0.1, -0.05) is 11.6 Å². The van der Waals surface area contributed by atoms with Crippen LogP contribution < -0.4 is 10.6 Å². The molecule has 2 aliphatic rings. The minimum absolute atomic E-state index is 0.0882. The molecule has 25 heavy (non-hydrogen) atoms. The van der Waals surface area contributed by atoms with Crippen LogP contribution >= 0.6 is 0 Å². The summed E-state index contributed by atoms with van der Waals surface area (Å²) in [5.41, 5.74) is 1.19. The molecule has 2 fully saturated rings. The number of amides is 3. The standard InChI is InChI=1S/C18H30N4O3/c1-14(2)6-10-21-11-8-20-18(25)15(21)13-16(23)19-7-12-22-9-4-3-5-17(22)24/h6,15H,3-5,7-13H2,1-2H3,(H,19,23)(H,20,25). The Hall–Kier alpha value is -1.89. The van der Waals surface area contributed by atoms with Gasteiger partial charge >= 0.3 is 0 Å². The highest BCUT2D eigenvalue weighted by molar-refractivity contribution is 5.88. The number of nitrogens with zero attached hydrogens (tertiary/aromatic N) is 2. The SMILES string of the molecule is CC(C)=CCN1CCNC(=O)C1CC(=O)NCCN1CCCCC1=O.